The summed E-state index contributed by atoms with van der Waals surface area (Å²) in [6.07, 6.45) is 7.13. The lowest BCUT2D eigenvalue weighted by Crippen LogP contribution is -2.17. The van der Waals surface area contributed by atoms with E-state index in [0.29, 0.717) is 5.88 Å². The molecule has 4 rings (SSSR count). The Hall–Kier alpha value is -1.43. The topological polar surface area (TPSA) is 55.7 Å². The Labute approximate surface area is 122 Å². The van der Waals surface area contributed by atoms with Crippen molar-refractivity contribution in [3.63, 3.8) is 0 Å². The second-order valence-electron chi connectivity index (χ2n) is 6.06. The Morgan fingerprint density at radius 1 is 1.40 bits per heavy atom. The number of nitrogens with one attached hydrogen (secondary N) is 1. The van der Waals surface area contributed by atoms with Crippen LogP contribution in [0.2, 0.25) is 0 Å². The van der Waals surface area contributed by atoms with Crippen molar-refractivity contribution in [3.05, 3.63) is 11.1 Å². The number of rotatable bonds is 3. The molecule has 0 aliphatic heterocycles. The maximum atomic E-state index is 5.47. The average molecular weight is 290 g/mol. The number of aromatic nitrogens is 4. The highest BCUT2D eigenvalue weighted by Gasteiger charge is 2.39. The van der Waals surface area contributed by atoms with Gasteiger partial charge in [-0.3, -0.25) is 0 Å². The maximum Gasteiger partial charge on any atom is 0.242 e. The number of aromatic amines is 1. The predicted molar refractivity (Wildman–Crippen MR) is 78.2 cm³/mol. The minimum atomic E-state index is 0.563. The summed E-state index contributed by atoms with van der Waals surface area (Å²) >= 11 is 5.47. The molecule has 3 atom stereocenters. The number of ether oxygens (including phenoxy) is 1. The molecule has 2 fully saturated rings. The fraction of sp³-hybridized carbons (Fsp3) is 0.643. The van der Waals surface area contributed by atoms with Crippen LogP contribution in [0.15, 0.2) is 6.33 Å². The van der Waals surface area contributed by atoms with E-state index in [1.165, 1.54) is 25.7 Å². The number of fused-ring (bicyclic) bond motifs is 3. The first-order valence-corrected chi connectivity index (χ1v) is 7.64. The highest BCUT2D eigenvalue weighted by atomic mass is 32.1. The normalized spacial score (nSPS) is 28.4. The van der Waals surface area contributed by atoms with Crippen LogP contribution < -0.4 is 4.74 Å². The molecule has 2 aromatic heterocycles. The van der Waals surface area contributed by atoms with Gasteiger partial charge < -0.3 is 14.3 Å². The first kappa shape index (κ1) is 12.3. The Morgan fingerprint density at radius 2 is 2.30 bits per heavy atom. The van der Waals surface area contributed by atoms with Crippen LogP contribution in [0.3, 0.4) is 0 Å². The van der Waals surface area contributed by atoms with Crippen molar-refractivity contribution in [1.82, 2.24) is 19.5 Å². The van der Waals surface area contributed by atoms with Gasteiger partial charge in [-0.2, -0.15) is 4.98 Å². The third-order valence-corrected chi connectivity index (χ3v) is 5.34. The number of hydrogen-bond acceptors (Lipinski definition) is 4. The standard InChI is InChI=1S/C14H18N4OS/c1-19-13-11-12(15-7-16-13)18(14(20)17-11)6-10-5-8-2-3-9(10)4-8/h7-10H,2-6H2,1H3,(H,17,20). The van der Waals surface area contributed by atoms with Gasteiger partial charge in [-0.15, -0.1) is 0 Å². The van der Waals surface area contributed by atoms with Crippen LogP contribution in [0.1, 0.15) is 25.7 Å². The van der Waals surface area contributed by atoms with Crippen molar-refractivity contribution in [2.45, 2.75) is 32.2 Å². The first-order chi connectivity index (χ1) is 9.76. The molecule has 2 aliphatic carbocycles. The number of methoxy groups -OCH3 is 1. The largest absolute Gasteiger partial charge is 0.479 e. The van der Waals surface area contributed by atoms with Crippen molar-refractivity contribution in [1.29, 1.82) is 0 Å². The van der Waals surface area contributed by atoms with Crippen LogP contribution in [0.5, 0.6) is 5.88 Å². The number of imidazole rings is 1. The molecule has 0 radical (unpaired) electrons. The fourth-order valence-corrected chi connectivity index (χ4v) is 4.37. The Kier molecular flexibility index (Phi) is 2.80. The molecular formula is C14H18N4OS. The summed E-state index contributed by atoms with van der Waals surface area (Å²) < 4.78 is 8.12. The molecule has 0 saturated heterocycles. The van der Waals surface area contributed by atoms with Crippen LogP contribution in [-0.4, -0.2) is 26.6 Å². The molecule has 6 heteroatoms. The third kappa shape index (κ3) is 1.78. The van der Waals surface area contributed by atoms with Gasteiger partial charge in [0.15, 0.2) is 10.4 Å². The van der Waals surface area contributed by atoms with Crippen LogP contribution in [-0.2, 0) is 6.54 Å². The summed E-state index contributed by atoms with van der Waals surface area (Å²) in [4.78, 5) is 11.7. The number of nitrogens with zero attached hydrogens (tertiary/aromatic N) is 3. The Bertz CT molecular complexity index is 707. The number of H-pyrrole nitrogens is 1. The maximum absolute atomic E-state index is 5.47. The van der Waals surface area contributed by atoms with Crippen molar-refractivity contribution in [2.24, 2.45) is 17.8 Å². The van der Waals surface area contributed by atoms with Crippen LogP contribution in [0.4, 0.5) is 0 Å². The highest BCUT2D eigenvalue weighted by molar-refractivity contribution is 7.71. The summed E-state index contributed by atoms with van der Waals surface area (Å²) in [6.45, 7) is 0.972. The summed E-state index contributed by atoms with van der Waals surface area (Å²) in [6, 6.07) is 0. The van der Waals surface area contributed by atoms with E-state index in [1.54, 1.807) is 13.4 Å². The molecule has 0 aromatic carbocycles. The van der Waals surface area contributed by atoms with E-state index in [0.717, 1.165) is 40.2 Å². The molecule has 20 heavy (non-hydrogen) atoms. The lowest BCUT2D eigenvalue weighted by atomic mass is 9.89. The summed E-state index contributed by atoms with van der Waals surface area (Å²) in [5.74, 6) is 3.15. The van der Waals surface area contributed by atoms with E-state index < -0.39 is 0 Å². The molecule has 106 valence electrons. The van der Waals surface area contributed by atoms with Gasteiger partial charge in [0.2, 0.25) is 5.88 Å². The van der Waals surface area contributed by atoms with E-state index in [9.17, 15) is 0 Å². The summed E-state index contributed by atoms with van der Waals surface area (Å²) in [5, 5.41) is 0. The molecule has 3 unspecified atom stereocenters. The zero-order valence-electron chi connectivity index (χ0n) is 11.5. The smallest absolute Gasteiger partial charge is 0.242 e. The third-order valence-electron chi connectivity index (χ3n) is 5.02. The predicted octanol–water partition coefficient (Wildman–Crippen LogP) is 2.93. The van der Waals surface area contributed by atoms with E-state index in [1.807, 2.05) is 0 Å². The van der Waals surface area contributed by atoms with Gasteiger partial charge in [-0.25, -0.2) is 4.98 Å². The molecule has 5 nitrogen and oxygen atoms in total. The fourth-order valence-electron chi connectivity index (χ4n) is 4.10. The second kappa shape index (κ2) is 4.55. The van der Waals surface area contributed by atoms with Crippen molar-refractivity contribution < 1.29 is 4.74 Å². The van der Waals surface area contributed by atoms with Gasteiger partial charge >= 0.3 is 0 Å². The Morgan fingerprint density at radius 3 is 3.00 bits per heavy atom. The molecule has 2 saturated carbocycles. The minimum Gasteiger partial charge on any atom is -0.479 e. The van der Waals surface area contributed by atoms with E-state index in [4.69, 9.17) is 17.0 Å². The SMILES string of the molecule is COc1ncnc2c1[nH]c(=S)n2CC1CC2CCC1C2. The second-order valence-corrected chi connectivity index (χ2v) is 6.44. The van der Waals surface area contributed by atoms with Gasteiger partial charge in [0, 0.05) is 6.54 Å². The molecule has 1 N–H and O–H groups in total. The van der Waals surface area contributed by atoms with Gasteiger partial charge in [0.05, 0.1) is 7.11 Å². The lowest BCUT2D eigenvalue weighted by Gasteiger charge is -2.21. The van der Waals surface area contributed by atoms with Gasteiger partial charge in [-0.05, 0) is 49.2 Å². The van der Waals surface area contributed by atoms with Gasteiger partial charge in [0.25, 0.3) is 0 Å². The molecule has 0 spiro atoms. The van der Waals surface area contributed by atoms with Crippen LogP contribution >= 0.6 is 12.2 Å². The minimum absolute atomic E-state index is 0.563. The molecule has 2 bridgehead atoms. The highest BCUT2D eigenvalue weighted by Crippen LogP contribution is 2.49. The lowest BCUT2D eigenvalue weighted by molar-refractivity contribution is 0.297. The molecule has 0 amide bonds. The van der Waals surface area contributed by atoms with Crippen molar-refractivity contribution >= 4 is 23.4 Å². The average Bonchev–Trinajstić information content (AvgIpc) is 3.14. The molecular weight excluding hydrogens is 272 g/mol. The van der Waals surface area contributed by atoms with Crippen molar-refractivity contribution in [3.8, 4) is 5.88 Å². The van der Waals surface area contributed by atoms with E-state index >= 15 is 0 Å². The van der Waals surface area contributed by atoms with Crippen molar-refractivity contribution in [2.75, 3.05) is 7.11 Å². The number of hydrogen-bond donors (Lipinski definition) is 1. The van der Waals surface area contributed by atoms with Gasteiger partial charge in [-0.1, -0.05) is 6.42 Å². The van der Waals surface area contributed by atoms with Crippen LogP contribution in [0, 0.1) is 22.5 Å². The van der Waals surface area contributed by atoms with E-state index in [-0.39, 0.29) is 0 Å². The zero-order chi connectivity index (χ0) is 13.7. The molecule has 2 aromatic rings. The van der Waals surface area contributed by atoms with Crippen LogP contribution in [0.25, 0.3) is 11.2 Å². The molecule has 2 heterocycles. The zero-order valence-corrected chi connectivity index (χ0v) is 12.3. The Balaban J connectivity index is 1.73. The van der Waals surface area contributed by atoms with E-state index in [2.05, 4.69) is 19.5 Å². The quantitative estimate of drug-likeness (QED) is 0.883. The monoisotopic (exact) mass is 290 g/mol. The molecule has 2 aliphatic rings. The summed E-state index contributed by atoms with van der Waals surface area (Å²) in [7, 11) is 1.62. The summed E-state index contributed by atoms with van der Waals surface area (Å²) in [5.41, 5.74) is 1.67. The van der Waals surface area contributed by atoms with Gasteiger partial charge in [0.1, 0.15) is 11.8 Å². The first-order valence-electron chi connectivity index (χ1n) is 7.23.